The lowest BCUT2D eigenvalue weighted by molar-refractivity contribution is -0.117. The molecule has 18 heavy (non-hydrogen) atoms. The normalized spacial score (nSPS) is 19.6. The van der Waals surface area contributed by atoms with Crippen molar-refractivity contribution < 1.29 is 13.9 Å². The minimum atomic E-state index is -0.499. The largest absolute Gasteiger partial charge is 0.378 e. The average molecular weight is 273 g/mol. The van der Waals surface area contributed by atoms with E-state index in [-0.39, 0.29) is 24.1 Å². The van der Waals surface area contributed by atoms with Gasteiger partial charge < -0.3 is 15.4 Å². The van der Waals surface area contributed by atoms with Gasteiger partial charge in [-0.3, -0.25) is 4.79 Å². The first kappa shape index (κ1) is 13.3. The summed E-state index contributed by atoms with van der Waals surface area (Å²) in [7, 11) is 0. The van der Waals surface area contributed by atoms with Crippen LogP contribution in [0.2, 0.25) is 5.02 Å². The van der Waals surface area contributed by atoms with E-state index in [9.17, 15) is 9.18 Å². The molecular formula is C12H14ClFN2O2. The molecule has 1 unspecified atom stereocenters. The summed E-state index contributed by atoms with van der Waals surface area (Å²) in [5, 5.41) is 6.04. The molecule has 0 spiro atoms. The number of morpholine rings is 1. The number of rotatable bonds is 3. The first-order chi connectivity index (χ1) is 8.65. The van der Waals surface area contributed by atoms with Crippen molar-refractivity contribution in [3.63, 3.8) is 0 Å². The molecule has 1 heterocycles. The third-order valence-electron chi connectivity index (χ3n) is 2.63. The second kappa shape index (κ2) is 6.13. The Labute approximate surface area is 109 Å². The summed E-state index contributed by atoms with van der Waals surface area (Å²) in [6.45, 7) is 1.87. The van der Waals surface area contributed by atoms with Crippen LogP contribution in [0, 0.1) is 5.82 Å². The van der Waals surface area contributed by atoms with Gasteiger partial charge in [-0.15, -0.1) is 0 Å². The molecule has 1 atom stereocenters. The van der Waals surface area contributed by atoms with E-state index in [4.69, 9.17) is 16.3 Å². The van der Waals surface area contributed by atoms with Crippen molar-refractivity contribution >= 4 is 23.2 Å². The Morgan fingerprint density at radius 2 is 2.44 bits per heavy atom. The summed E-state index contributed by atoms with van der Waals surface area (Å²) >= 11 is 5.74. The Balaban J connectivity index is 1.92. The van der Waals surface area contributed by atoms with E-state index in [1.807, 2.05) is 0 Å². The van der Waals surface area contributed by atoms with Gasteiger partial charge in [-0.2, -0.15) is 0 Å². The van der Waals surface area contributed by atoms with Crippen LogP contribution in [-0.2, 0) is 9.53 Å². The molecule has 4 nitrogen and oxygen atoms in total. The standard InChI is InChI=1S/C12H14ClFN2O2/c13-8-1-2-10(14)11(5-8)16-12(17)6-9-7-18-4-3-15-9/h1-2,5,9,15H,3-4,6-7H2,(H,16,17). The number of carbonyl (C=O) groups excluding carboxylic acids is 1. The third kappa shape index (κ3) is 3.66. The molecule has 0 saturated carbocycles. The number of nitrogens with one attached hydrogen (secondary N) is 2. The summed E-state index contributed by atoms with van der Waals surface area (Å²) in [6.07, 6.45) is 0.242. The molecule has 1 aliphatic rings. The zero-order valence-electron chi connectivity index (χ0n) is 9.71. The van der Waals surface area contributed by atoms with Crippen molar-refractivity contribution in [1.29, 1.82) is 0 Å². The Morgan fingerprint density at radius 3 is 3.17 bits per heavy atom. The summed E-state index contributed by atoms with van der Waals surface area (Å²) in [5.41, 5.74) is 0.101. The van der Waals surface area contributed by atoms with Gasteiger partial charge in [0.25, 0.3) is 0 Å². The van der Waals surface area contributed by atoms with E-state index in [1.165, 1.54) is 18.2 Å². The molecule has 1 fully saturated rings. The Hall–Kier alpha value is -1.17. The molecule has 0 aromatic heterocycles. The number of hydrogen-bond acceptors (Lipinski definition) is 3. The molecule has 0 radical (unpaired) electrons. The second-order valence-corrected chi connectivity index (χ2v) is 4.54. The van der Waals surface area contributed by atoms with Crippen LogP contribution in [0.1, 0.15) is 6.42 Å². The van der Waals surface area contributed by atoms with E-state index < -0.39 is 5.82 Å². The predicted molar refractivity (Wildman–Crippen MR) is 67.3 cm³/mol. The van der Waals surface area contributed by atoms with Crippen molar-refractivity contribution in [2.24, 2.45) is 0 Å². The first-order valence-electron chi connectivity index (χ1n) is 5.71. The third-order valence-corrected chi connectivity index (χ3v) is 2.87. The van der Waals surface area contributed by atoms with Crippen LogP contribution in [0.25, 0.3) is 0 Å². The highest BCUT2D eigenvalue weighted by molar-refractivity contribution is 6.30. The first-order valence-corrected chi connectivity index (χ1v) is 6.09. The van der Waals surface area contributed by atoms with Crippen LogP contribution in [-0.4, -0.2) is 31.7 Å². The zero-order valence-corrected chi connectivity index (χ0v) is 10.5. The molecule has 98 valence electrons. The fourth-order valence-corrected chi connectivity index (χ4v) is 1.94. The molecule has 6 heteroatoms. The summed E-state index contributed by atoms with van der Waals surface area (Å²) in [4.78, 5) is 11.7. The van der Waals surface area contributed by atoms with Gasteiger partial charge in [-0.25, -0.2) is 4.39 Å². The highest BCUT2D eigenvalue weighted by Gasteiger charge is 2.17. The predicted octanol–water partition coefficient (Wildman–Crippen LogP) is 1.80. The summed E-state index contributed by atoms with van der Waals surface area (Å²) < 4.78 is 18.6. The molecule has 1 aliphatic heterocycles. The van der Waals surface area contributed by atoms with Crippen molar-refractivity contribution in [2.45, 2.75) is 12.5 Å². The van der Waals surface area contributed by atoms with Gasteiger partial charge in [0.15, 0.2) is 0 Å². The maximum Gasteiger partial charge on any atom is 0.226 e. The van der Waals surface area contributed by atoms with Gasteiger partial charge in [0.05, 0.1) is 18.9 Å². The fourth-order valence-electron chi connectivity index (χ4n) is 1.77. The van der Waals surface area contributed by atoms with E-state index in [2.05, 4.69) is 10.6 Å². The monoisotopic (exact) mass is 272 g/mol. The summed E-state index contributed by atoms with van der Waals surface area (Å²) in [6, 6.07) is 4.02. The number of hydrogen-bond donors (Lipinski definition) is 2. The van der Waals surface area contributed by atoms with Crippen molar-refractivity contribution in [3.8, 4) is 0 Å². The molecular weight excluding hydrogens is 259 g/mol. The lowest BCUT2D eigenvalue weighted by Gasteiger charge is -2.23. The quantitative estimate of drug-likeness (QED) is 0.882. The maximum atomic E-state index is 13.4. The molecule has 1 amide bonds. The van der Waals surface area contributed by atoms with Gasteiger partial charge in [-0.05, 0) is 18.2 Å². The van der Waals surface area contributed by atoms with Crippen molar-refractivity contribution in [3.05, 3.63) is 29.0 Å². The SMILES string of the molecule is O=C(CC1COCCN1)Nc1cc(Cl)ccc1F. The van der Waals surface area contributed by atoms with E-state index in [1.54, 1.807) is 0 Å². The minimum absolute atomic E-state index is 0.0269. The molecule has 2 N–H and O–H groups in total. The van der Waals surface area contributed by atoms with Gasteiger partial charge in [0.2, 0.25) is 5.91 Å². The topological polar surface area (TPSA) is 50.4 Å². The Bertz CT molecular complexity index is 436. The van der Waals surface area contributed by atoms with Crippen LogP contribution in [0.15, 0.2) is 18.2 Å². The minimum Gasteiger partial charge on any atom is -0.378 e. The molecule has 1 saturated heterocycles. The van der Waals surface area contributed by atoms with Gasteiger partial charge in [-0.1, -0.05) is 11.6 Å². The zero-order chi connectivity index (χ0) is 13.0. The van der Waals surface area contributed by atoms with Gasteiger partial charge >= 0.3 is 0 Å². The Kier molecular flexibility index (Phi) is 4.52. The smallest absolute Gasteiger partial charge is 0.226 e. The molecule has 1 aromatic carbocycles. The number of anilines is 1. The van der Waals surface area contributed by atoms with Crippen LogP contribution in [0.4, 0.5) is 10.1 Å². The number of ether oxygens (including phenoxy) is 1. The van der Waals surface area contributed by atoms with E-state index >= 15 is 0 Å². The van der Waals surface area contributed by atoms with Crippen molar-refractivity contribution in [1.82, 2.24) is 5.32 Å². The van der Waals surface area contributed by atoms with Crippen LogP contribution in [0.5, 0.6) is 0 Å². The molecule has 0 bridgehead atoms. The lowest BCUT2D eigenvalue weighted by Crippen LogP contribution is -2.43. The van der Waals surface area contributed by atoms with E-state index in [0.29, 0.717) is 18.2 Å². The van der Waals surface area contributed by atoms with Crippen LogP contribution < -0.4 is 10.6 Å². The van der Waals surface area contributed by atoms with Gasteiger partial charge in [0.1, 0.15) is 5.82 Å². The molecule has 0 aliphatic carbocycles. The number of carbonyl (C=O) groups is 1. The second-order valence-electron chi connectivity index (χ2n) is 4.10. The van der Waals surface area contributed by atoms with Crippen LogP contribution in [0.3, 0.4) is 0 Å². The molecule has 2 rings (SSSR count). The number of amides is 1. The molecule has 1 aromatic rings. The highest BCUT2D eigenvalue weighted by atomic mass is 35.5. The van der Waals surface area contributed by atoms with Gasteiger partial charge in [0, 0.05) is 24.0 Å². The van der Waals surface area contributed by atoms with E-state index in [0.717, 1.165) is 6.54 Å². The van der Waals surface area contributed by atoms with Crippen LogP contribution >= 0.6 is 11.6 Å². The fraction of sp³-hybridized carbons (Fsp3) is 0.417. The Morgan fingerprint density at radius 1 is 1.61 bits per heavy atom. The average Bonchev–Trinajstić information content (AvgIpc) is 2.35. The highest BCUT2D eigenvalue weighted by Crippen LogP contribution is 2.19. The lowest BCUT2D eigenvalue weighted by atomic mass is 10.2. The summed E-state index contributed by atoms with van der Waals surface area (Å²) in [5.74, 6) is -0.764. The maximum absolute atomic E-state index is 13.4. The van der Waals surface area contributed by atoms with Crippen molar-refractivity contribution in [2.75, 3.05) is 25.1 Å². The number of halogens is 2. The number of benzene rings is 1.